The van der Waals surface area contributed by atoms with E-state index in [1.807, 2.05) is 19.9 Å². The molecular formula is C13H20N4O2S. The van der Waals surface area contributed by atoms with E-state index in [-0.39, 0.29) is 5.96 Å². The van der Waals surface area contributed by atoms with Gasteiger partial charge in [0.25, 0.3) is 0 Å². The Morgan fingerprint density at radius 2 is 1.75 bits per heavy atom. The Kier molecular flexibility index (Phi) is 4.01. The number of piperazine rings is 1. The molecule has 3 N–H and O–H groups in total. The van der Waals surface area contributed by atoms with Gasteiger partial charge in [-0.25, -0.2) is 8.42 Å². The summed E-state index contributed by atoms with van der Waals surface area (Å²) in [5, 5.41) is 7.36. The lowest BCUT2D eigenvalue weighted by molar-refractivity contribution is 0.263. The van der Waals surface area contributed by atoms with Crippen molar-refractivity contribution in [3.63, 3.8) is 0 Å². The number of nitrogens with one attached hydrogen (secondary N) is 1. The number of hydrogen-bond acceptors (Lipinski definition) is 3. The molecule has 1 aromatic rings. The van der Waals surface area contributed by atoms with Gasteiger partial charge in [-0.2, -0.15) is 4.31 Å². The van der Waals surface area contributed by atoms with Crippen LogP contribution in [0.2, 0.25) is 0 Å². The fraction of sp³-hybridized carbons (Fsp3) is 0.462. The zero-order valence-corrected chi connectivity index (χ0v) is 12.6. The van der Waals surface area contributed by atoms with E-state index in [1.165, 1.54) is 4.31 Å². The summed E-state index contributed by atoms with van der Waals surface area (Å²) < 4.78 is 26.6. The van der Waals surface area contributed by atoms with Crippen LogP contribution in [0.4, 0.5) is 0 Å². The normalized spacial score (nSPS) is 17.2. The van der Waals surface area contributed by atoms with Gasteiger partial charge in [-0.1, -0.05) is 6.07 Å². The lowest BCUT2D eigenvalue weighted by Gasteiger charge is -2.34. The number of aryl methyl sites for hydroxylation is 2. The van der Waals surface area contributed by atoms with E-state index in [0.717, 1.165) is 11.1 Å². The van der Waals surface area contributed by atoms with Crippen molar-refractivity contribution in [1.82, 2.24) is 9.21 Å². The number of benzene rings is 1. The molecule has 2 rings (SSSR count). The van der Waals surface area contributed by atoms with Crippen LogP contribution in [0.1, 0.15) is 11.1 Å². The highest BCUT2D eigenvalue weighted by Gasteiger charge is 2.28. The lowest BCUT2D eigenvalue weighted by Crippen LogP contribution is -2.52. The van der Waals surface area contributed by atoms with Gasteiger partial charge < -0.3 is 10.6 Å². The number of nitrogens with zero attached hydrogens (tertiary/aromatic N) is 2. The second-order valence-corrected chi connectivity index (χ2v) is 6.96. The van der Waals surface area contributed by atoms with Crippen molar-refractivity contribution in [2.45, 2.75) is 18.7 Å². The molecule has 110 valence electrons. The summed E-state index contributed by atoms with van der Waals surface area (Å²) in [6.45, 7) is 5.49. The van der Waals surface area contributed by atoms with E-state index in [1.54, 1.807) is 17.0 Å². The third kappa shape index (κ3) is 2.78. The molecule has 0 radical (unpaired) electrons. The van der Waals surface area contributed by atoms with Crippen LogP contribution in [0, 0.1) is 19.3 Å². The molecule has 1 saturated heterocycles. The van der Waals surface area contributed by atoms with E-state index < -0.39 is 10.0 Å². The molecule has 0 amide bonds. The van der Waals surface area contributed by atoms with Crippen molar-refractivity contribution in [1.29, 1.82) is 5.41 Å². The summed E-state index contributed by atoms with van der Waals surface area (Å²) in [4.78, 5) is 2.00. The summed E-state index contributed by atoms with van der Waals surface area (Å²) in [5.41, 5.74) is 7.45. The molecule has 20 heavy (non-hydrogen) atoms. The standard InChI is InChI=1S/C13H20N4O2S/c1-10-3-4-12(9-11(10)2)20(18,19)17-7-5-16(6-8-17)13(14)15/h3-4,9H,5-8H2,1-2H3,(H3,14,15). The molecule has 1 aliphatic rings. The predicted molar refractivity (Wildman–Crippen MR) is 78.2 cm³/mol. The quantitative estimate of drug-likeness (QED) is 0.614. The Morgan fingerprint density at radius 3 is 2.25 bits per heavy atom. The van der Waals surface area contributed by atoms with E-state index in [0.29, 0.717) is 31.1 Å². The van der Waals surface area contributed by atoms with Crippen LogP contribution in [0.15, 0.2) is 23.1 Å². The van der Waals surface area contributed by atoms with Crippen molar-refractivity contribution in [2.75, 3.05) is 26.2 Å². The van der Waals surface area contributed by atoms with Gasteiger partial charge >= 0.3 is 0 Å². The second kappa shape index (κ2) is 5.41. The zero-order valence-electron chi connectivity index (χ0n) is 11.8. The Hall–Kier alpha value is -1.60. The molecule has 6 nitrogen and oxygen atoms in total. The van der Waals surface area contributed by atoms with Crippen LogP contribution in [0.25, 0.3) is 0 Å². The fourth-order valence-electron chi connectivity index (χ4n) is 2.19. The highest BCUT2D eigenvalue weighted by molar-refractivity contribution is 7.89. The van der Waals surface area contributed by atoms with Gasteiger partial charge in [0, 0.05) is 26.2 Å². The smallest absolute Gasteiger partial charge is 0.243 e. The van der Waals surface area contributed by atoms with Crippen molar-refractivity contribution >= 4 is 16.0 Å². The summed E-state index contributed by atoms with van der Waals surface area (Å²) in [7, 11) is -3.46. The van der Waals surface area contributed by atoms with Gasteiger partial charge in [0.15, 0.2) is 5.96 Å². The average Bonchev–Trinajstić information content (AvgIpc) is 2.41. The molecule has 1 aliphatic heterocycles. The number of rotatable bonds is 2. The molecule has 1 aromatic carbocycles. The highest BCUT2D eigenvalue weighted by Crippen LogP contribution is 2.20. The topological polar surface area (TPSA) is 90.5 Å². The first kappa shape index (κ1) is 14.8. The first-order valence-corrected chi connectivity index (χ1v) is 7.93. The fourth-order valence-corrected chi connectivity index (χ4v) is 3.70. The first-order valence-electron chi connectivity index (χ1n) is 6.49. The number of sulfonamides is 1. The van der Waals surface area contributed by atoms with Gasteiger partial charge in [0.2, 0.25) is 10.0 Å². The molecular weight excluding hydrogens is 276 g/mol. The maximum atomic E-state index is 12.5. The highest BCUT2D eigenvalue weighted by atomic mass is 32.2. The largest absolute Gasteiger partial charge is 0.370 e. The minimum absolute atomic E-state index is 0.00627. The maximum Gasteiger partial charge on any atom is 0.243 e. The van der Waals surface area contributed by atoms with Crippen molar-refractivity contribution < 1.29 is 8.42 Å². The van der Waals surface area contributed by atoms with Crippen LogP contribution in [0.5, 0.6) is 0 Å². The van der Waals surface area contributed by atoms with E-state index in [2.05, 4.69) is 0 Å². The van der Waals surface area contributed by atoms with Gasteiger partial charge in [0.1, 0.15) is 0 Å². The molecule has 0 saturated carbocycles. The second-order valence-electron chi connectivity index (χ2n) is 5.02. The van der Waals surface area contributed by atoms with Crippen molar-refractivity contribution in [3.05, 3.63) is 29.3 Å². The molecule has 0 bridgehead atoms. The molecule has 0 spiro atoms. The molecule has 7 heteroatoms. The number of hydrogen-bond donors (Lipinski definition) is 2. The van der Waals surface area contributed by atoms with E-state index in [4.69, 9.17) is 11.1 Å². The van der Waals surface area contributed by atoms with Gasteiger partial charge in [-0.3, -0.25) is 5.41 Å². The first-order chi connectivity index (χ1) is 9.32. The minimum Gasteiger partial charge on any atom is -0.370 e. The van der Waals surface area contributed by atoms with Gasteiger partial charge in [0.05, 0.1) is 4.90 Å². The van der Waals surface area contributed by atoms with Gasteiger partial charge in [-0.05, 0) is 37.1 Å². The van der Waals surface area contributed by atoms with Crippen LogP contribution < -0.4 is 5.73 Å². The molecule has 0 unspecified atom stereocenters. The summed E-state index contributed by atoms with van der Waals surface area (Å²) in [6, 6.07) is 5.19. The number of guanidine groups is 1. The Bertz CT molecular complexity index is 619. The average molecular weight is 296 g/mol. The molecule has 0 atom stereocenters. The monoisotopic (exact) mass is 296 g/mol. The van der Waals surface area contributed by atoms with Crippen molar-refractivity contribution in [2.24, 2.45) is 5.73 Å². The predicted octanol–water partition coefficient (Wildman–Crippen LogP) is 0.503. The lowest BCUT2D eigenvalue weighted by atomic mass is 10.1. The summed E-state index contributed by atoms with van der Waals surface area (Å²) >= 11 is 0. The SMILES string of the molecule is Cc1ccc(S(=O)(=O)N2CCN(C(=N)N)CC2)cc1C. The molecule has 1 heterocycles. The number of nitrogens with two attached hydrogens (primary N) is 1. The van der Waals surface area contributed by atoms with Crippen LogP contribution in [-0.2, 0) is 10.0 Å². The Labute approximate surface area is 119 Å². The Morgan fingerprint density at radius 1 is 1.15 bits per heavy atom. The van der Waals surface area contributed by atoms with Crippen LogP contribution >= 0.6 is 0 Å². The minimum atomic E-state index is -3.46. The summed E-state index contributed by atoms with van der Waals surface area (Å²) in [6.07, 6.45) is 0. The third-order valence-corrected chi connectivity index (χ3v) is 5.59. The van der Waals surface area contributed by atoms with E-state index in [9.17, 15) is 8.42 Å². The Balaban J connectivity index is 2.19. The van der Waals surface area contributed by atoms with Crippen LogP contribution in [-0.4, -0.2) is 49.8 Å². The molecule has 1 fully saturated rings. The van der Waals surface area contributed by atoms with Gasteiger partial charge in [-0.15, -0.1) is 0 Å². The zero-order chi connectivity index (χ0) is 14.9. The maximum absolute atomic E-state index is 12.5. The third-order valence-electron chi connectivity index (χ3n) is 3.70. The molecule has 0 aromatic heterocycles. The van der Waals surface area contributed by atoms with Crippen LogP contribution in [0.3, 0.4) is 0 Å². The van der Waals surface area contributed by atoms with Crippen molar-refractivity contribution in [3.8, 4) is 0 Å². The van der Waals surface area contributed by atoms with E-state index >= 15 is 0 Å². The molecule has 0 aliphatic carbocycles. The summed E-state index contributed by atoms with van der Waals surface area (Å²) in [5.74, 6) is -0.00627.